The predicted molar refractivity (Wildman–Crippen MR) is 86.2 cm³/mol. The van der Waals surface area contributed by atoms with Crippen LogP contribution in [-0.2, 0) is 9.59 Å². The number of rotatable bonds is 4. The van der Waals surface area contributed by atoms with Gasteiger partial charge in [0.25, 0.3) is 5.91 Å². The Labute approximate surface area is 142 Å². The molecule has 5 nitrogen and oxygen atoms in total. The molecule has 1 aliphatic rings. The molecule has 7 heteroatoms. The third-order valence-electron chi connectivity index (χ3n) is 3.63. The monoisotopic (exact) mass is 389 g/mol. The molecular formula is C15H17BrClNO4. The summed E-state index contributed by atoms with van der Waals surface area (Å²) in [6.07, 6.45) is 0.613. The van der Waals surface area contributed by atoms with Crippen LogP contribution in [-0.4, -0.2) is 41.1 Å². The van der Waals surface area contributed by atoms with E-state index in [-0.39, 0.29) is 12.5 Å². The second kappa shape index (κ2) is 7.33. The van der Waals surface area contributed by atoms with Crippen molar-refractivity contribution in [3.63, 3.8) is 0 Å². The SMILES string of the molecule is CC(Oc1ccc(Cl)cc1Br)C(=O)N1CCCC(C(=O)O)C1. The van der Waals surface area contributed by atoms with Gasteiger partial charge in [-0.15, -0.1) is 0 Å². The van der Waals surface area contributed by atoms with Gasteiger partial charge in [-0.05, 0) is 53.9 Å². The highest BCUT2D eigenvalue weighted by atomic mass is 79.9. The lowest BCUT2D eigenvalue weighted by molar-refractivity contribution is -0.147. The fraction of sp³-hybridized carbons (Fsp3) is 0.467. The summed E-state index contributed by atoms with van der Waals surface area (Å²) in [5.74, 6) is -1.02. The second-order valence-corrected chi connectivity index (χ2v) is 6.59. The van der Waals surface area contributed by atoms with Crippen molar-refractivity contribution >= 4 is 39.4 Å². The highest BCUT2D eigenvalue weighted by molar-refractivity contribution is 9.10. The molecule has 0 aliphatic carbocycles. The Morgan fingerprint density at radius 2 is 2.23 bits per heavy atom. The molecule has 2 unspecified atom stereocenters. The van der Waals surface area contributed by atoms with E-state index in [0.717, 1.165) is 0 Å². The average Bonchev–Trinajstić information content (AvgIpc) is 2.49. The molecule has 1 aromatic rings. The number of likely N-dealkylation sites (tertiary alicyclic amines) is 1. The molecule has 1 aromatic carbocycles. The number of carboxylic acids is 1. The lowest BCUT2D eigenvalue weighted by atomic mass is 9.98. The fourth-order valence-electron chi connectivity index (χ4n) is 2.45. The molecule has 1 saturated heterocycles. The standard InChI is InChI=1S/C15H17BrClNO4/c1-9(22-13-5-4-11(17)7-12(13)16)14(19)18-6-2-3-10(8-18)15(20)21/h4-5,7,9-10H,2-3,6,8H2,1H3,(H,20,21). The number of aliphatic carboxylic acids is 1. The van der Waals surface area contributed by atoms with Crippen LogP contribution in [0.4, 0.5) is 0 Å². The van der Waals surface area contributed by atoms with Gasteiger partial charge < -0.3 is 14.7 Å². The number of carbonyl (C=O) groups excluding carboxylic acids is 1. The molecule has 0 bridgehead atoms. The summed E-state index contributed by atoms with van der Waals surface area (Å²) in [5.41, 5.74) is 0. The van der Waals surface area contributed by atoms with Crippen LogP contribution < -0.4 is 4.74 Å². The van der Waals surface area contributed by atoms with E-state index in [1.54, 1.807) is 30.0 Å². The van der Waals surface area contributed by atoms with Crippen molar-refractivity contribution in [1.82, 2.24) is 4.90 Å². The van der Waals surface area contributed by atoms with E-state index >= 15 is 0 Å². The largest absolute Gasteiger partial charge is 0.481 e. The van der Waals surface area contributed by atoms with Crippen LogP contribution in [0.25, 0.3) is 0 Å². The Balaban J connectivity index is 2.01. The molecule has 1 aliphatic heterocycles. The molecular weight excluding hydrogens is 374 g/mol. The van der Waals surface area contributed by atoms with Crippen LogP contribution in [0.5, 0.6) is 5.75 Å². The average molecular weight is 391 g/mol. The normalized spacial score (nSPS) is 19.6. The Kier molecular flexibility index (Phi) is 5.69. The van der Waals surface area contributed by atoms with Gasteiger partial charge in [-0.25, -0.2) is 0 Å². The number of ether oxygens (including phenoxy) is 1. The number of halogens is 2. The molecule has 1 amide bonds. The lowest BCUT2D eigenvalue weighted by Gasteiger charge is -2.32. The molecule has 0 radical (unpaired) electrons. The number of hydrogen-bond acceptors (Lipinski definition) is 3. The maximum absolute atomic E-state index is 12.4. The fourth-order valence-corrected chi connectivity index (χ4v) is 3.22. The smallest absolute Gasteiger partial charge is 0.308 e. The van der Waals surface area contributed by atoms with Gasteiger partial charge in [0.1, 0.15) is 5.75 Å². The Morgan fingerprint density at radius 3 is 2.86 bits per heavy atom. The van der Waals surface area contributed by atoms with Gasteiger partial charge in [-0.1, -0.05) is 11.6 Å². The summed E-state index contributed by atoms with van der Waals surface area (Å²) in [5, 5.41) is 9.65. The van der Waals surface area contributed by atoms with Crippen LogP contribution >= 0.6 is 27.5 Å². The summed E-state index contributed by atoms with van der Waals surface area (Å²) in [4.78, 5) is 25.1. The van der Waals surface area contributed by atoms with Gasteiger partial charge >= 0.3 is 5.97 Å². The molecule has 0 spiro atoms. The van der Waals surface area contributed by atoms with Crippen molar-refractivity contribution in [2.45, 2.75) is 25.9 Å². The van der Waals surface area contributed by atoms with Gasteiger partial charge in [0, 0.05) is 18.1 Å². The Bertz CT molecular complexity index is 581. The number of carboxylic acid groups (broad SMARTS) is 1. The molecule has 2 atom stereocenters. The molecule has 0 aromatic heterocycles. The first-order chi connectivity index (χ1) is 10.4. The first-order valence-corrected chi connectivity index (χ1v) is 8.19. The summed E-state index contributed by atoms with van der Waals surface area (Å²) >= 11 is 9.20. The number of hydrogen-bond donors (Lipinski definition) is 1. The van der Waals surface area contributed by atoms with Gasteiger partial charge in [-0.2, -0.15) is 0 Å². The summed E-state index contributed by atoms with van der Waals surface area (Å²) in [6.45, 7) is 2.47. The predicted octanol–water partition coefficient (Wildman–Crippen LogP) is 3.19. The van der Waals surface area contributed by atoms with Crippen LogP contribution in [0.15, 0.2) is 22.7 Å². The third kappa shape index (κ3) is 4.14. The van der Waals surface area contributed by atoms with E-state index in [9.17, 15) is 9.59 Å². The van der Waals surface area contributed by atoms with E-state index in [4.69, 9.17) is 21.4 Å². The second-order valence-electron chi connectivity index (χ2n) is 5.30. The molecule has 120 valence electrons. The number of benzene rings is 1. The lowest BCUT2D eigenvalue weighted by Crippen LogP contribution is -2.47. The maximum atomic E-state index is 12.4. The van der Waals surface area contributed by atoms with Crippen LogP contribution in [0.1, 0.15) is 19.8 Å². The number of nitrogens with zero attached hydrogens (tertiary/aromatic N) is 1. The molecule has 1 fully saturated rings. The van der Waals surface area contributed by atoms with Crippen molar-refractivity contribution in [2.75, 3.05) is 13.1 Å². The molecule has 1 heterocycles. The Hall–Kier alpha value is -1.27. The van der Waals surface area contributed by atoms with Crippen LogP contribution in [0.3, 0.4) is 0 Å². The molecule has 22 heavy (non-hydrogen) atoms. The number of amides is 1. The topological polar surface area (TPSA) is 66.8 Å². The van der Waals surface area contributed by atoms with E-state index in [1.807, 2.05) is 0 Å². The quantitative estimate of drug-likeness (QED) is 0.857. The van der Waals surface area contributed by atoms with Crippen LogP contribution in [0, 0.1) is 5.92 Å². The van der Waals surface area contributed by atoms with Gasteiger partial charge in [-0.3, -0.25) is 9.59 Å². The zero-order valence-electron chi connectivity index (χ0n) is 12.1. The van der Waals surface area contributed by atoms with Crippen LogP contribution in [0.2, 0.25) is 5.02 Å². The number of piperidine rings is 1. The minimum atomic E-state index is -0.855. The van der Waals surface area contributed by atoms with Crippen molar-refractivity contribution in [3.05, 3.63) is 27.7 Å². The van der Waals surface area contributed by atoms with E-state index in [1.165, 1.54) is 0 Å². The van der Waals surface area contributed by atoms with Gasteiger partial charge in [0.05, 0.1) is 10.4 Å². The highest BCUT2D eigenvalue weighted by Gasteiger charge is 2.31. The van der Waals surface area contributed by atoms with E-state index in [0.29, 0.717) is 34.6 Å². The first-order valence-electron chi connectivity index (χ1n) is 7.01. The van der Waals surface area contributed by atoms with Gasteiger partial charge in [0.2, 0.25) is 0 Å². The molecule has 1 N–H and O–H groups in total. The van der Waals surface area contributed by atoms with Gasteiger partial charge in [0.15, 0.2) is 6.10 Å². The summed E-state index contributed by atoms with van der Waals surface area (Å²) in [6, 6.07) is 5.06. The zero-order chi connectivity index (χ0) is 16.3. The molecule has 2 rings (SSSR count). The van der Waals surface area contributed by atoms with Crippen molar-refractivity contribution in [3.8, 4) is 5.75 Å². The maximum Gasteiger partial charge on any atom is 0.308 e. The van der Waals surface area contributed by atoms with Crippen molar-refractivity contribution in [2.24, 2.45) is 5.92 Å². The van der Waals surface area contributed by atoms with Crippen molar-refractivity contribution < 1.29 is 19.4 Å². The minimum Gasteiger partial charge on any atom is -0.481 e. The zero-order valence-corrected chi connectivity index (χ0v) is 14.4. The first kappa shape index (κ1) is 17.1. The van der Waals surface area contributed by atoms with Crippen molar-refractivity contribution in [1.29, 1.82) is 0 Å². The summed E-state index contributed by atoms with van der Waals surface area (Å²) < 4.78 is 6.33. The Morgan fingerprint density at radius 1 is 1.50 bits per heavy atom. The summed E-state index contributed by atoms with van der Waals surface area (Å²) in [7, 11) is 0. The minimum absolute atomic E-state index is 0.201. The number of carbonyl (C=O) groups is 2. The third-order valence-corrected chi connectivity index (χ3v) is 4.48. The van der Waals surface area contributed by atoms with E-state index in [2.05, 4.69) is 15.9 Å². The highest BCUT2D eigenvalue weighted by Crippen LogP contribution is 2.29. The van der Waals surface area contributed by atoms with E-state index < -0.39 is 18.0 Å². The molecule has 0 saturated carbocycles.